The van der Waals surface area contributed by atoms with Crippen LogP contribution in [0.15, 0.2) is 30.3 Å². The molecule has 0 radical (unpaired) electrons. The smallest absolute Gasteiger partial charge is 0.331 e. The van der Waals surface area contributed by atoms with Crippen LogP contribution in [0.3, 0.4) is 0 Å². The van der Waals surface area contributed by atoms with Gasteiger partial charge in [0.15, 0.2) is 18.1 Å². The summed E-state index contributed by atoms with van der Waals surface area (Å²) in [4.78, 5) is 24.5. The summed E-state index contributed by atoms with van der Waals surface area (Å²) in [5, 5.41) is 0. The highest BCUT2D eigenvalue weighted by Gasteiger charge is 2.15. The number of Topliss-reactive ketones (excluding diaryl/α,β-unsaturated/α-hetero) is 1. The van der Waals surface area contributed by atoms with Gasteiger partial charge in [-0.2, -0.15) is 0 Å². The van der Waals surface area contributed by atoms with Gasteiger partial charge < -0.3 is 14.2 Å². The van der Waals surface area contributed by atoms with Crippen molar-refractivity contribution in [3.63, 3.8) is 0 Å². The number of carbonyl (C=O) groups excluding carboxylic acids is 2. The second kappa shape index (κ2) is 9.22. The fourth-order valence-corrected chi connectivity index (χ4v) is 2.88. The van der Waals surface area contributed by atoms with E-state index < -0.39 is 5.97 Å². The molecule has 0 N–H and O–H groups in total. The standard InChI is InChI=1S/C23H26O5/c1-14-11-19(17(4)16(3)15(14)2)20(24)13-28-23(25)10-8-18-7-9-21(26-5)22(12-18)27-6/h7-12H,13H2,1-6H3. The van der Waals surface area contributed by atoms with E-state index in [9.17, 15) is 9.59 Å². The fourth-order valence-electron chi connectivity index (χ4n) is 2.88. The Balaban J connectivity index is 2.03. The molecule has 0 unspecified atom stereocenters. The Morgan fingerprint density at radius 3 is 2.21 bits per heavy atom. The van der Waals surface area contributed by atoms with Crippen molar-refractivity contribution in [3.05, 3.63) is 63.7 Å². The summed E-state index contributed by atoms with van der Waals surface area (Å²) in [5.74, 6) is 0.374. The minimum Gasteiger partial charge on any atom is -0.493 e. The number of methoxy groups -OCH3 is 2. The molecule has 0 heterocycles. The maximum atomic E-state index is 12.5. The molecule has 0 aliphatic carbocycles. The van der Waals surface area contributed by atoms with Gasteiger partial charge in [0, 0.05) is 11.6 Å². The predicted octanol–water partition coefficient (Wildman–Crippen LogP) is 4.38. The Morgan fingerprint density at radius 2 is 1.57 bits per heavy atom. The molecule has 5 heteroatoms. The minimum absolute atomic E-state index is 0.212. The van der Waals surface area contributed by atoms with Crippen LogP contribution in [0.25, 0.3) is 6.08 Å². The Kier molecular flexibility index (Phi) is 6.99. The normalized spacial score (nSPS) is 10.8. The van der Waals surface area contributed by atoms with Crippen molar-refractivity contribution in [1.82, 2.24) is 0 Å². The number of aryl methyl sites for hydroxylation is 1. The maximum Gasteiger partial charge on any atom is 0.331 e. The number of hydrogen-bond donors (Lipinski definition) is 0. The van der Waals surface area contributed by atoms with Gasteiger partial charge in [0.2, 0.25) is 5.78 Å². The van der Waals surface area contributed by atoms with Crippen molar-refractivity contribution in [3.8, 4) is 11.5 Å². The van der Waals surface area contributed by atoms with E-state index in [1.54, 1.807) is 38.5 Å². The second-order valence-corrected chi connectivity index (χ2v) is 6.59. The molecular formula is C23H26O5. The highest BCUT2D eigenvalue weighted by atomic mass is 16.5. The first-order valence-electron chi connectivity index (χ1n) is 8.96. The summed E-state index contributed by atoms with van der Waals surface area (Å²) in [6.45, 7) is 7.61. The monoisotopic (exact) mass is 382 g/mol. The van der Waals surface area contributed by atoms with E-state index in [2.05, 4.69) is 0 Å². The molecule has 0 aromatic heterocycles. The van der Waals surface area contributed by atoms with Crippen molar-refractivity contribution >= 4 is 17.8 Å². The fraction of sp³-hybridized carbons (Fsp3) is 0.304. The molecule has 0 fully saturated rings. The van der Waals surface area contributed by atoms with E-state index in [4.69, 9.17) is 14.2 Å². The topological polar surface area (TPSA) is 61.8 Å². The molecule has 0 saturated heterocycles. The SMILES string of the molecule is COc1ccc(C=CC(=O)OCC(=O)c2cc(C)c(C)c(C)c2C)cc1OC. The van der Waals surface area contributed by atoms with Crippen molar-refractivity contribution in [2.75, 3.05) is 20.8 Å². The number of ketones is 1. The molecular weight excluding hydrogens is 356 g/mol. The lowest BCUT2D eigenvalue weighted by atomic mass is 9.93. The highest BCUT2D eigenvalue weighted by Crippen LogP contribution is 2.28. The summed E-state index contributed by atoms with van der Waals surface area (Å²) in [7, 11) is 3.10. The quantitative estimate of drug-likeness (QED) is 0.404. The molecule has 0 aliphatic heterocycles. The Morgan fingerprint density at radius 1 is 0.893 bits per heavy atom. The molecule has 2 aromatic rings. The average Bonchev–Trinajstić information content (AvgIpc) is 2.71. The molecule has 0 bridgehead atoms. The first-order valence-corrected chi connectivity index (χ1v) is 8.96. The highest BCUT2D eigenvalue weighted by molar-refractivity contribution is 6.00. The maximum absolute atomic E-state index is 12.5. The summed E-state index contributed by atoms with van der Waals surface area (Å²) in [5.41, 5.74) is 5.57. The number of carbonyl (C=O) groups is 2. The van der Waals surface area contributed by atoms with E-state index in [1.165, 1.54) is 11.6 Å². The first-order chi connectivity index (χ1) is 13.3. The van der Waals surface area contributed by atoms with Gasteiger partial charge in [-0.05, 0) is 79.8 Å². The van der Waals surface area contributed by atoms with Gasteiger partial charge in [-0.15, -0.1) is 0 Å². The molecule has 0 saturated carbocycles. The number of benzene rings is 2. The van der Waals surface area contributed by atoms with Gasteiger partial charge in [-0.3, -0.25) is 4.79 Å². The zero-order chi connectivity index (χ0) is 20.8. The minimum atomic E-state index is -0.582. The molecule has 0 spiro atoms. The molecule has 0 amide bonds. The van der Waals surface area contributed by atoms with Gasteiger partial charge in [0.25, 0.3) is 0 Å². The molecule has 28 heavy (non-hydrogen) atoms. The van der Waals surface area contributed by atoms with E-state index in [1.807, 2.05) is 33.8 Å². The summed E-state index contributed by atoms with van der Waals surface area (Å²) in [6, 6.07) is 7.14. The third-order valence-corrected chi connectivity index (χ3v) is 4.95. The van der Waals surface area contributed by atoms with Crippen LogP contribution in [-0.4, -0.2) is 32.6 Å². The first kappa shape index (κ1) is 21.2. The van der Waals surface area contributed by atoms with Crippen molar-refractivity contribution in [1.29, 1.82) is 0 Å². The Bertz CT molecular complexity index is 925. The van der Waals surface area contributed by atoms with Crippen molar-refractivity contribution in [2.24, 2.45) is 0 Å². The van der Waals surface area contributed by atoms with Gasteiger partial charge >= 0.3 is 5.97 Å². The van der Waals surface area contributed by atoms with Crippen LogP contribution in [0.4, 0.5) is 0 Å². The van der Waals surface area contributed by atoms with Gasteiger partial charge in [-0.25, -0.2) is 4.79 Å². The molecule has 2 rings (SSSR count). The van der Waals surface area contributed by atoms with Crippen LogP contribution in [0.2, 0.25) is 0 Å². The third kappa shape index (κ3) is 4.80. The number of rotatable bonds is 7. The van der Waals surface area contributed by atoms with Crippen LogP contribution in [-0.2, 0) is 9.53 Å². The zero-order valence-corrected chi connectivity index (χ0v) is 17.2. The number of ether oxygens (including phenoxy) is 3. The number of esters is 1. The lowest BCUT2D eigenvalue weighted by molar-refractivity contribution is -0.136. The summed E-state index contributed by atoms with van der Waals surface area (Å²) in [6.07, 6.45) is 2.88. The summed E-state index contributed by atoms with van der Waals surface area (Å²) >= 11 is 0. The van der Waals surface area contributed by atoms with Gasteiger partial charge in [-0.1, -0.05) is 6.07 Å². The van der Waals surface area contributed by atoms with Crippen molar-refractivity contribution < 1.29 is 23.8 Å². The second-order valence-electron chi connectivity index (χ2n) is 6.59. The Labute approximate surface area is 165 Å². The largest absolute Gasteiger partial charge is 0.493 e. The van der Waals surface area contributed by atoms with E-state index in [0.717, 1.165) is 22.3 Å². The van der Waals surface area contributed by atoms with Crippen LogP contribution >= 0.6 is 0 Å². The Hall–Kier alpha value is -3.08. The molecule has 148 valence electrons. The number of hydrogen-bond acceptors (Lipinski definition) is 5. The summed E-state index contributed by atoms with van der Waals surface area (Å²) < 4.78 is 15.5. The molecule has 5 nitrogen and oxygen atoms in total. The molecule has 0 aliphatic rings. The van der Waals surface area contributed by atoms with E-state index in [0.29, 0.717) is 17.1 Å². The van der Waals surface area contributed by atoms with Crippen LogP contribution in [0.1, 0.15) is 38.2 Å². The third-order valence-electron chi connectivity index (χ3n) is 4.95. The van der Waals surface area contributed by atoms with E-state index >= 15 is 0 Å². The predicted molar refractivity (Wildman–Crippen MR) is 109 cm³/mol. The average molecular weight is 382 g/mol. The van der Waals surface area contributed by atoms with Gasteiger partial charge in [0.05, 0.1) is 14.2 Å². The zero-order valence-electron chi connectivity index (χ0n) is 17.2. The van der Waals surface area contributed by atoms with Gasteiger partial charge in [0.1, 0.15) is 0 Å². The molecule has 0 atom stereocenters. The lowest BCUT2D eigenvalue weighted by Gasteiger charge is -2.13. The lowest BCUT2D eigenvalue weighted by Crippen LogP contribution is -2.15. The van der Waals surface area contributed by atoms with Crippen molar-refractivity contribution in [2.45, 2.75) is 27.7 Å². The van der Waals surface area contributed by atoms with Crippen LogP contribution in [0, 0.1) is 27.7 Å². The molecule has 2 aromatic carbocycles. The van der Waals surface area contributed by atoms with Crippen LogP contribution in [0.5, 0.6) is 11.5 Å². The van der Waals surface area contributed by atoms with Crippen LogP contribution < -0.4 is 9.47 Å². The van der Waals surface area contributed by atoms with E-state index in [-0.39, 0.29) is 12.4 Å².